The molecular formula is C16H22F2N2OS. The minimum absolute atomic E-state index is 0.133. The van der Waals surface area contributed by atoms with Gasteiger partial charge in [0.1, 0.15) is 5.75 Å². The normalized spacial score (nSPS) is 24.9. The van der Waals surface area contributed by atoms with Gasteiger partial charge in [0.2, 0.25) is 0 Å². The molecule has 0 spiro atoms. The molecule has 0 aliphatic heterocycles. The van der Waals surface area contributed by atoms with Crippen molar-refractivity contribution in [2.75, 3.05) is 5.32 Å². The minimum atomic E-state index is -2.81. The van der Waals surface area contributed by atoms with Gasteiger partial charge in [-0.05, 0) is 54.7 Å². The Morgan fingerprint density at radius 2 is 1.91 bits per heavy atom. The highest BCUT2D eigenvalue weighted by Crippen LogP contribution is 2.29. The molecule has 1 aliphatic rings. The number of halogens is 2. The Labute approximate surface area is 135 Å². The standard InChI is InChI=1S/C16H22F2N2OS/c1-10-4-3-5-14(11(10)2)20-16(22)19-12-6-8-13(9-7-12)21-15(17)18/h6-11,14-15H,3-5H2,1-2H3,(H2,19,20,22)/t10-,11-,14+/m1/s1. The van der Waals surface area contributed by atoms with Crippen LogP contribution in [-0.4, -0.2) is 17.8 Å². The topological polar surface area (TPSA) is 33.3 Å². The van der Waals surface area contributed by atoms with E-state index in [1.807, 2.05) is 0 Å². The third kappa shape index (κ3) is 4.80. The zero-order valence-corrected chi connectivity index (χ0v) is 13.6. The summed E-state index contributed by atoms with van der Waals surface area (Å²) in [5, 5.41) is 7.01. The van der Waals surface area contributed by atoms with Crippen molar-refractivity contribution >= 4 is 23.0 Å². The van der Waals surface area contributed by atoms with Gasteiger partial charge in [-0.25, -0.2) is 0 Å². The fourth-order valence-corrected chi connectivity index (χ4v) is 3.11. The lowest BCUT2D eigenvalue weighted by Gasteiger charge is -2.35. The first-order valence-electron chi connectivity index (χ1n) is 7.58. The van der Waals surface area contributed by atoms with Crippen LogP contribution in [0.15, 0.2) is 24.3 Å². The first-order chi connectivity index (χ1) is 10.5. The van der Waals surface area contributed by atoms with Gasteiger partial charge in [-0.15, -0.1) is 0 Å². The molecule has 3 atom stereocenters. The summed E-state index contributed by atoms with van der Waals surface area (Å²) in [6.45, 7) is 1.72. The summed E-state index contributed by atoms with van der Waals surface area (Å²) in [5.74, 6) is 1.41. The van der Waals surface area contributed by atoms with E-state index in [1.54, 1.807) is 12.1 Å². The molecule has 1 aliphatic carbocycles. The van der Waals surface area contributed by atoms with E-state index < -0.39 is 6.61 Å². The summed E-state index contributed by atoms with van der Waals surface area (Å²) in [6.07, 6.45) is 3.60. The summed E-state index contributed by atoms with van der Waals surface area (Å²) in [4.78, 5) is 0. The quantitative estimate of drug-likeness (QED) is 0.803. The highest BCUT2D eigenvalue weighted by Gasteiger charge is 2.27. The molecule has 1 fully saturated rings. The fourth-order valence-electron chi connectivity index (χ4n) is 2.84. The second-order valence-corrected chi connectivity index (χ2v) is 6.28. The van der Waals surface area contributed by atoms with Gasteiger partial charge in [-0.1, -0.05) is 26.7 Å². The van der Waals surface area contributed by atoms with Crippen LogP contribution in [0, 0.1) is 11.8 Å². The largest absolute Gasteiger partial charge is 0.435 e. The Morgan fingerprint density at radius 1 is 1.23 bits per heavy atom. The molecule has 0 saturated heterocycles. The molecule has 122 valence electrons. The van der Waals surface area contributed by atoms with E-state index in [1.165, 1.54) is 25.0 Å². The van der Waals surface area contributed by atoms with E-state index in [2.05, 4.69) is 29.2 Å². The fraction of sp³-hybridized carbons (Fsp3) is 0.562. The molecule has 2 rings (SSSR count). The Morgan fingerprint density at radius 3 is 2.55 bits per heavy atom. The maximum Gasteiger partial charge on any atom is 0.387 e. The van der Waals surface area contributed by atoms with Crippen LogP contribution in [0.1, 0.15) is 33.1 Å². The number of alkyl halides is 2. The molecule has 0 aromatic heterocycles. The number of anilines is 1. The van der Waals surface area contributed by atoms with E-state index in [4.69, 9.17) is 12.2 Å². The summed E-state index contributed by atoms with van der Waals surface area (Å²) in [7, 11) is 0. The SMILES string of the molecule is C[C@@H]1[C@H](C)CCC[C@@H]1NC(=S)Nc1ccc(OC(F)F)cc1. The van der Waals surface area contributed by atoms with Crippen molar-refractivity contribution in [3.8, 4) is 5.75 Å². The average molecular weight is 328 g/mol. The van der Waals surface area contributed by atoms with Crippen molar-refractivity contribution in [3.63, 3.8) is 0 Å². The molecule has 0 unspecified atom stereocenters. The molecule has 1 aromatic rings. The monoisotopic (exact) mass is 328 g/mol. The van der Waals surface area contributed by atoms with Gasteiger partial charge in [0.15, 0.2) is 5.11 Å². The van der Waals surface area contributed by atoms with Crippen molar-refractivity contribution in [1.29, 1.82) is 0 Å². The predicted octanol–water partition coefficient (Wildman–Crippen LogP) is 4.40. The second-order valence-electron chi connectivity index (χ2n) is 5.88. The van der Waals surface area contributed by atoms with E-state index in [9.17, 15) is 8.78 Å². The third-order valence-corrected chi connectivity index (χ3v) is 4.58. The molecule has 2 N–H and O–H groups in total. The van der Waals surface area contributed by atoms with Gasteiger partial charge in [0.05, 0.1) is 0 Å². The zero-order chi connectivity index (χ0) is 16.1. The molecule has 22 heavy (non-hydrogen) atoms. The minimum Gasteiger partial charge on any atom is -0.435 e. The second kappa shape index (κ2) is 7.72. The molecule has 0 bridgehead atoms. The number of ether oxygens (including phenoxy) is 1. The Hall–Kier alpha value is -1.43. The van der Waals surface area contributed by atoms with Gasteiger partial charge in [0.25, 0.3) is 0 Å². The number of hydrogen-bond donors (Lipinski definition) is 2. The number of rotatable bonds is 4. The summed E-state index contributed by atoms with van der Waals surface area (Å²) >= 11 is 5.34. The number of hydrogen-bond acceptors (Lipinski definition) is 2. The highest BCUT2D eigenvalue weighted by atomic mass is 32.1. The maximum absolute atomic E-state index is 12.1. The molecular weight excluding hydrogens is 306 g/mol. The smallest absolute Gasteiger partial charge is 0.387 e. The van der Waals surface area contributed by atoms with Crippen molar-refractivity contribution in [1.82, 2.24) is 5.32 Å². The van der Waals surface area contributed by atoms with Gasteiger partial charge in [-0.3, -0.25) is 0 Å². The summed E-state index contributed by atoms with van der Waals surface area (Å²) < 4.78 is 28.5. The van der Waals surface area contributed by atoms with E-state index in [0.29, 0.717) is 23.0 Å². The Balaban J connectivity index is 1.86. The first-order valence-corrected chi connectivity index (χ1v) is 7.99. The zero-order valence-electron chi connectivity index (χ0n) is 12.8. The van der Waals surface area contributed by atoms with Crippen LogP contribution in [0.5, 0.6) is 5.75 Å². The third-order valence-electron chi connectivity index (χ3n) is 4.36. The maximum atomic E-state index is 12.1. The van der Waals surface area contributed by atoms with Crippen LogP contribution in [-0.2, 0) is 0 Å². The van der Waals surface area contributed by atoms with Crippen LogP contribution in [0.25, 0.3) is 0 Å². The molecule has 3 nitrogen and oxygen atoms in total. The van der Waals surface area contributed by atoms with Crippen molar-refractivity contribution in [2.24, 2.45) is 11.8 Å². The van der Waals surface area contributed by atoms with Crippen molar-refractivity contribution < 1.29 is 13.5 Å². The summed E-state index contributed by atoms with van der Waals surface area (Å²) in [6, 6.07) is 6.69. The van der Waals surface area contributed by atoms with Crippen LogP contribution < -0.4 is 15.4 Å². The summed E-state index contributed by atoms with van der Waals surface area (Å²) in [5.41, 5.74) is 0.746. The molecule has 0 radical (unpaired) electrons. The van der Waals surface area contributed by atoms with Gasteiger partial charge >= 0.3 is 6.61 Å². The van der Waals surface area contributed by atoms with Crippen molar-refractivity contribution in [2.45, 2.75) is 45.8 Å². The lowest BCUT2D eigenvalue weighted by molar-refractivity contribution is -0.0498. The number of nitrogens with one attached hydrogen (secondary N) is 2. The molecule has 0 amide bonds. The van der Waals surface area contributed by atoms with Crippen molar-refractivity contribution in [3.05, 3.63) is 24.3 Å². The Bertz CT molecular complexity index is 495. The molecule has 0 heterocycles. The average Bonchev–Trinajstić information content (AvgIpc) is 2.45. The van der Waals surface area contributed by atoms with Gasteiger partial charge in [0, 0.05) is 11.7 Å². The van der Waals surface area contributed by atoms with E-state index in [-0.39, 0.29) is 5.75 Å². The molecule has 1 aromatic carbocycles. The molecule has 1 saturated carbocycles. The highest BCUT2D eigenvalue weighted by molar-refractivity contribution is 7.80. The number of thiocarbonyl (C=S) groups is 1. The van der Waals surface area contributed by atoms with Crippen LogP contribution in [0.3, 0.4) is 0 Å². The van der Waals surface area contributed by atoms with E-state index in [0.717, 1.165) is 12.1 Å². The van der Waals surface area contributed by atoms with Crippen LogP contribution in [0.4, 0.5) is 14.5 Å². The lowest BCUT2D eigenvalue weighted by atomic mass is 9.78. The van der Waals surface area contributed by atoms with Gasteiger partial charge < -0.3 is 15.4 Å². The van der Waals surface area contributed by atoms with Crippen LogP contribution in [0.2, 0.25) is 0 Å². The van der Waals surface area contributed by atoms with Gasteiger partial charge in [-0.2, -0.15) is 8.78 Å². The Kier molecular flexibility index (Phi) is 5.94. The number of benzene rings is 1. The van der Waals surface area contributed by atoms with Crippen LogP contribution >= 0.6 is 12.2 Å². The first kappa shape index (κ1) is 16.9. The lowest BCUT2D eigenvalue weighted by Crippen LogP contribution is -2.45. The molecule has 6 heteroatoms. The predicted molar refractivity (Wildman–Crippen MR) is 88.4 cm³/mol. The van der Waals surface area contributed by atoms with E-state index >= 15 is 0 Å².